The third kappa shape index (κ3) is 2.70. The predicted molar refractivity (Wildman–Crippen MR) is 61.8 cm³/mol. The molecule has 1 aliphatic heterocycles. The maximum absolute atomic E-state index is 5.92. The van der Waals surface area contributed by atoms with E-state index in [-0.39, 0.29) is 0 Å². The Morgan fingerprint density at radius 2 is 2.50 bits per heavy atom. The van der Waals surface area contributed by atoms with E-state index in [1.165, 1.54) is 24.9 Å². The molecular weight excluding hydrogens is 216 g/mol. The van der Waals surface area contributed by atoms with Crippen LogP contribution in [0.1, 0.15) is 18.4 Å². The Hall–Kier alpha value is -0.0900. The molecule has 0 unspecified atom stereocenters. The summed E-state index contributed by atoms with van der Waals surface area (Å²) >= 11 is 7.48. The molecule has 2 heterocycles. The largest absolute Gasteiger partial charge is 0.327 e. The zero-order chi connectivity index (χ0) is 9.97. The second-order valence-electron chi connectivity index (χ2n) is 3.90. The third-order valence-electron chi connectivity index (χ3n) is 2.57. The molecule has 78 valence electrons. The second-order valence-corrected chi connectivity index (χ2v) is 5.44. The fourth-order valence-corrected chi connectivity index (χ4v) is 2.82. The highest BCUT2D eigenvalue weighted by Crippen LogP contribution is 2.22. The summed E-state index contributed by atoms with van der Waals surface area (Å²) in [5.74, 6) is 0. The zero-order valence-corrected chi connectivity index (χ0v) is 9.65. The fraction of sp³-hybridized carbons (Fsp3) is 0.600. The Bertz CT molecular complexity index is 300. The Morgan fingerprint density at radius 1 is 1.64 bits per heavy atom. The average molecular weight is 231 g/mol. The second kappa shape index (κ2) is 4.62. The van der Waals surface area contributed by atoms with Gasteiger partial charge in [-0.3, -0.25) is 4.90 Å². The Labute approximate surface area is 93.7 Å². The van der Waals surface area contributed by atoms with Gasteiger partial charge in [-0.15, -0.1) is 11.3 Å². The van der Waals surface area contributed by atoms with Gasteiger partial charge in [-0.25, -0.2) is 0 Å². The van der Waals surface area contributed by atoms with Crippen molar-refractivity contribution < 1.29 is 0 Å². The Balaban J connectivity index is 1.90. The minimum atomic E-state index is 0.359. The molecule has 1 aromatic rings. The van der Waals surface area contributed by atoms with Crippen molar-refractivity contribution >= 4 is 22.9 Å². The quantitative estimate of drug-likeness (QED) is 0.845. The molecule has 14 heavy (non-hydrogen) atoms. The molecule has 4 heteroatoms. The molecular formula is C10H15ClN2S. The van der Waals surface area contributed by atoms with E-state index in [1.54, 1.807) is 11.3 Å². The highest BCUT2D eigenvalue weighted by Gasteiger charge is 2.16. The van der Waals surface area contributed by atoms with Crippen molar-refractivity contribution in [3.63, 3.8) is 0 Å². The van der Waals surface area contributed by atoms with E-state index in [1.807, 2.05) is 6.07 Å². The van der Waals surface area contributed by atoms with Crippen LogP contribution < -0.4 is 5.73 Å². The van der Waals surface area contributed by atoms with Crippen molar-refractivity contribution in [2.24, 2.45) is 5.73 Å². The van der Waals surface area contributed by atoms with Crippen molar-refractivity contribution in [1.29, 1.82) is 0 Å². The van der Waals surface area contributed by atoms with E-state index < -0.39 is 0 Å². The number of halogens is 1. The molecule has 1 aromatic heterocycles. The number of rotatable bonds is 2. The number of hydrogen-bond donors (Lipinski definition) is 1. The van der Waals surface area contributed by atoms with E-state index in [0.717, 1.165) is 17.4 Å². The first kappa shape index (κ1) is 10.4. The molecule has 0 aliphatic carbocycles. The van der Waals surface area contributed by atoms with Gasteiger partial charge in [0.1, 0.15) is 0 Å². The minimum absolute atomic E-state index is 0.359. The van der Waals surface area contributed by atoms with Gasteiger partial charge in [-0.1, -0.05) is 11.6 Å². The fourth-order valence-electron chi connectivity index (χ4n) is 1.92. The highest BCUT2D eigenvalue weighted by molar-refractivity contribution is 7.14. The summed E-state index contributed by atoms with van der Waals surface area (Å²) in [6.45, 7) is 3.19. The van der Waals surface area contributed by atoms with Crippen LogP contribution in [0.25, 0.3) is 0 Å². The number of piperidine rings is 1. The predicted octanol–water partition coefficient (Wildman–Crippen LogP) is 2.32. The lowest BCUT2D eigenvalue weighted by Gasteiger charge is -2.30. The standard InChI is InChI=1S/C10H15ClN2S/c11-10-4-8(7-14-10)5-13-3-1-2-9(12)6-13/h4,7,9H,1-3,5-6,12H2/t9-/m1/s1. The summed E-state index contributed by atoms with van der Waals surface area (Å²) in [6.07, 6.45) is 2.39. The Kier molecular flexibility index (Phi) is 3.44. The topological polar surface area (TPSA) is 29.3 Å². The van der Waals surface area contributed by atoms with Gasteiger partial charge in [0.2, 0.25) is 0 Å². The van der Waals surface area contributed by atoms with Crippen LogP contribution >= 0.6 is 22.9 Å². The van der Waals surface area contributed by atoms with E-state index >= 15 is 0 Å². The van der Waals surface area contributed by atoms with Crippen LogP contribution in [-0.4, -0.2) is 24.0 Å². The summed E-state index contributed by atoms with van der Waals surface area (Å²) in [4.78, 5) is 2.41. The molecule has 2 nitrogen and oxygen atoms in total. The summed E-state index contributed by atoms with van der Waals surface area (Å²) < 4.78 is 0.876. The molecule has 0 amide bonds. The highest BCUT2D eigenvalue weighted by atomic mass is 35.5. The van der Waals surface area contributed by atoms with Gasteiger partial charge in [0.25, 0.3) is 0 Å². The number of thiophene rings is 1. The van der Waals surface area contributed by atoms with Crippen LogP contribution in [0.5, 0.6) is 0 Å². The normalized spacial score (nSPS) is 24.0. The van der Waals surface area contributed by atoms with Crippen molar-refractivity contribution in [2.45, 2.75) is 25.4 Å². The van der Waals surface area contributed by atoms with Gasteiger partial charge in [-0.05, 0) is 36.4 Å². The molecule has 1 atom stereocenters. The maximum atomic E-state index is 5.92. The monoisotopic (exact) mass is 230 g/mol. The van der Waals surface area contributed by atoms with Gasteiger partial charge >= 0.3 is 0 Å². The van der Waals surface area contributed by atoms with Crippen LogP contribution in [0, 0.1) is 0 Å². The summed E-state index contributed by atoms with van der Waals surface area (Å²) in [6, 6.07) is 2.41. The van der Waals surface area contributed by atoms with Gasteiger partial charge in [0.05, 0.1) is 4.34 Å². The van der Waals surface area contributed by atoms with E-state index in [9.17, 15) is 0 Å². The number of nitrogens with two attached hydrogens (primary N) is 1. The molecule has 1 saturated heterocycles. The lowest BCUT2D eigenvalue weighted by atomic mass is 10.1. The molecule has 2 rings (SSSR count). The maximum Gasteiger partial charge on any atom is 0.0931 e. The van der Waals surface area contributed by atoms with Gasteiger partial charge in [-0.2, -0.15) is 0 Å². The van der Waals surface area contributed by atoms with E-state index in [2.05, 4.69) is 10.3 Å². The lowest BCUT2D eigenvalue weighted by molar-refractivity contribution is 0.202. The van der Waals surface area contributed by atoms with Crippen LogP contribution in [0.3, 0.4) is 0 Å². The van der Waals surface area contributed by atoms with Crippen molar-refractivity contribution in [1.82, 2.24) is 4.90 Å². The molecule has 1 fully saturated rings. The SMILES string of the molecule is N[C@@H]1CCCN(Cc2csc(Cl)c2)C1. The summed E-state index contributed by atoms with van der Waals surface area (Å²) in [5, 5.41) is 2.13. The van der Waals surface area contributed by atoms with E-state index in [0.29, 0.717) is 6.04 Å². The van der Waals surface area contributed by atoms with Crippen molar-refractivity contribution in [3.8, 4) is 0 Å². The molecule has 0 radical (unpaired) electrons. The molecule has 0 aromatic carbocycles. The van der Waals surface area contributed by atoms with Crippen molar-refractivity contribution in [3.05, 3.63) is 21.3 Å². The number of hydrogen-bond acceptors (Lipinski definition) is 3. The third-order valence-corrected chi connectivity index (χ3v) is 3.71. The van der Waals surface area contributed by atoms with Crippen LogP contribution in [0.2, 0.25) is 4.34 Å². The first-order valence-corrected chi connectivity index (χ1v) is 6.20. The van der Waals surface area contributed by atoms with Crippen LogP contribution in [-0.2, 0) is 6.54 Å². The molecule has 1 aliphatic rings. The molecule has 0 saturated carbocycles. The summed E-state index contributed by atoms with van der Waals surface area (Å²) in [7, 11) is 0. The van der Waals surface area contributed by atoms with Gasteiger partial charge < -0.3 is 5.73 Å². The first-order valence-electron chi connectivity index (χ1n) is 4.95. The lowest BCUT2D eigenvalue weighted by Crippen LogP contribution is -2.42. The molecule has 0 bridgehead atoms. The number of nitrogens with zero attached hydrogens (tertiary/aromatic N) is 1. The summed E-state index contributed by atoms with van der Waals surface area (Å²) in [5.41, 5.74) is 7.23. The molecule has 0 spiro atoms. The van der Waals surface area contributed by atoms with E-state index in [4.69, 9.17) is 17.3 Å². The van der Waals surface area contributed by atoms with Crippen LogP contribution in [0.15, 0.2) is 11.4 Å². The van der Waals surface area contributed by atoms with Gasteiger partial charge in [0, 0.05) is 19.1 Å². The van der Waals surface area contributed by atoms with Crippen molar-refractivity contribution in [2.75, 3.05) is 13.1 Å². The zero-order valence-electron chi connectivity index (χ0n) is 8.08. The smallest absolute Gasteiger partial charge is 0.0931 e. The Morgan fingerprint density at radius 3 is 3.14 bits per heavy atom. The molecule has 2 N–H and O–H groups in total. The average Bonchev–Trinajstić information content (AvgIpc) is 2.51. The van der Waals surface area contributed by atoms with Crippen LogP contribution in [0.4, 0.5) is 0 Å². The van der Waals surface area contributed by atoms with Gasteiger partial charge in [0.15, 0.2) is 0 Å². The first-order chi connectivity index (χ1) is 6.74. The number of likely N-dealkylation sites (tertiary alicyclic amines) is 1. The minimum Gasteiger partial charge on any atom is -0.327 e.